The molecule has 1 rings (SSSR count). The zero-order chi connectivity index (χ0) is 9.14. The van der Waals surface area contributed by atoms with Crippen molar-refractivity contribution in [1.82, 2.24) is 9.55 Å². The number of rotatable bonds is 2. The minimum Gasteiger partial charge on any atom is -0.463 e. The molecule has 12 heavy (non-hydrogen) atoms. The molecule has 0 aliphatic heterocycles. The Balaban J connectivity index is 3.10. The van der Waals surface area contributed by atoms with E-state index in [2.05, 4.69) is 9.72 Å². The van der Waals surface area contributed by atoms with Gasteiger partial charge in [0, 0.05) is 7.05 Å². The highest BCUT2D eigenvalue weighted by molar-refractivity contribution is 5.87. The van der Waals surface area contributed by atoms with E-state index >= 15 is 0 Å². The van der Waals surface area contributed by atoms with Gasteiger partial charge in [0.1, 0.15) is 5.69 Å². The lowest BCUT2D eigenvalue weighted by molar-refractivity contribution is 0.0582. The van der Waals surface area contributed by atoms with Crippen molar-refractivity contribution in [2.75, 3.05) is 7.11 Å². The van der Waals surface area contributed by atoms with Gasteiger partial charge in [0.05, 0.1) is 13.3 Å². The smallest absolute Gasteiger partial charge is 0.374 e. The van der Waals surface area contributed by atoms with Gasteiger partial charge in [-0.15, -0.1) is 0 Å². The highest BCUT2D eigenvalue weighted by Crippen LogP contribution is 2.01. The second-order valence-corrected chi connectivity index (χ2v) is 2.18. The fourth-order valence-electron chi connectivity index (χ4n) is 0.813. The summed E-state index contributed by atoms with van der Waals surface area (Å²) in [5.41, 5.74) is 0.343. The number of hydrogen-bond acceptors (Lipinski definition) is 4. The Bertz CT molecular complexity index is 316. The normalized spacial score (nSPS) is 9.50. The SMILES string of the molecule is COC(=O)c1ncc(C=O)n1C. The lowest BCUT2D eigenvalue weighted by Crippen LogP contribution is -2.10. The lowest BCUT2D eigenvalue weighted by atomic mass is 10.5. The first-order valence-corrected chi connectivity index (χ1v) is 3.26. The number of esters is 1. The van der Waals surface area contributed by atoms with Gasteiger partial charge in [0.15, 0.2) is 6.29 Å². The standard InChI is InChI=1S/C7H8N2O3/c1-9-5(4-10)3-8-6(9)7(11)12-2/h3-4H,1-2H3. The summed E-state index contributed by atoms with van der Waals surface area (Å²) in [6, 6.07) is 0. The van der Waals surface area contributed by atoms with Crippen LogP contribution < -0.4 is 0 Å². The van der Waals surface area contributed by atoms with Crippen molar-refractivity contribution in [2.45, 2.75) is 0 Å². The van der Waals surface area contributed by atoms with Crippen LogP contribution in [0.4, 0.5) is 0 Å². The minimum atomic E-state index is -0.550. The molecule has 0 N–H and O–H groups in total. The second-order valence-electron chi connectivity index (χ2n) is 2.18. The van der Waals surface area contributed by atoms with Crippen LogP contribution in [-0.2, 0) is 11.8 Å². The number of methoxy groups -OCH3 is 1. The zero-order valence-corrected chi connectivity index (χ0v) is 6.77. The summed E-state index contributed by atoms with van der Waals surface area (Å²) in [4.78, 5) is 25.0. The summed E-state index contributed by atoms with van der Waals surface area (Å²) in [5, 5.41) is 0. The molecule has 0 bridgehead atoms. The third kappa shape index (κ3) is 1.20. The fourth-order valence-corrected chi connectivity index (χ4v) is 0.813. The van der Waals surface area contributed by atoms with Crippen LogP contribution in [0.25, 0.3) is 0 Å². The van der Waals surface area contributed by atoms with Gasteiger partial charge < -0.3 is 9.30 Å². The van der Waals surface area contributed by atoms with Crippen LogP contribution in [0.3, 0.4) is 0 Å². The maximum absolute atomic E-state index is 10.9. The molecule has 0 unspecified atom stereocenters. The number of carbonyl (C=O) groups is 2. The molecule has 0 fully saturated rings. The molecule has 0 saturated heterocycles. The first-order valence-electron chi connectivity index (χ1n) is 3.26. The summed E-state index contributed by atoms with van der Waals surface area (Å²) >= 11 is 0. The number of hydrogen-bond donors (Lipinski definition) is 0. The van der Waals surface area contributed by atoms with E-state index in [9.17, 15) is 9.59 Å². The molecule has 64 valence electrons. The van der Waals surface area contributed by atoms with Crippen LogP contribution in [-0.4, -0.2) is 28.9 Å². The highest BCUT2D eigenvalue weighted by Gasteiger charge is 2.13. The molecule has 0 aliphatic rings. The Labute approximate surface area is 69.0 Å². The minimum absolute atomic E-state index is 0.125. The lowest BCUT2D eigenvalue weighted by Gasteiger charge is -1.98. The Hall–Kier alpha value is -1.65. The van der Waals surface area contributed by atoms with Crippen molar-refractivity contribution < 1.29 is 14.3 Å². The van der Waals surface area contributed by atoms with Gasteiger partial charge in [0.2, 0.25) is 5.82 Å². The predicted molar refractivity (Wildman–Crippen MR) is 39.9 cm³/mol. The molecule has 5 nitrogen and oxygen atoms in total. The Morgan fingerprint density at radius 2 is 2.42 bits per heavy atom. The van der Waals surface area contributed by atoms with E-state index in [1.54, 1.807) is 7.05 Å². The average Bonchev–Trinajstić information content (AvgIpc) is 2.45. The average molecular weight is 168 g/mol. The van der Waals surface area contributed by atoms with Crippen LogP contribution in [0.15, 0.2) is 6.20 Å². The van der Waals surface area contributed by atoms with Crippen molar-refractivity contribution in [1.29, 1.82) is 0 Å². The molecule has 5 heteroatoms. The molecule has 0 saturated carbocycles. The molecule has 1 heterocycles. The molecule has 0 spiro atoms. The quantitative estimate of drug-likeness (QED) is 0.461. The summed E-state index contributed by atoms with van der Waals surface area (Å²) in [5.74, 6) is -0.426. The summed E-state index contributed by atoms with van der Waals surface area (Å²) in [7, 11) is 2.83. The Morgan fingerprint density at radius 3 is 2.83 bits per heavy atom. The van der Waals surface area contributed by atoms with Crippen LogP contribution in [0.5, 0.6) is 0 Å². The molecule has 0 aromatic carbocycles. The highest BCUT2D eigenvalue weighted by atomic mass is 16.5. The molecule has 1 aromatic rings. The summed E-state index contributed by atoms with van der Waals surface area (Å²) in [6.07, 6.45) is 1.94. The molecule has 0 atom stereocenters. The van der Waals surface area contributed by atoms with Gasteiger partial charge in [-0.2, -0.15) is 0 Å². The number of imidazole rings is 1. The maximum atomic E-state index is 10.9. The van der Waals surface area contributed by atoms with Crippen molar-refractivity contribution in [3.05, 3.63) is 17.7 Å². The topological polar surface area (TPSA) is 61.2 Å². The van der Waals surface area contributed by atoms with E-state index in [1.807, 2.05) is 0 Å². The number of aromatic nitrogens is 2. The van der Waals surface area contributed by atoms with Crippen LogP contribution in [0.2, 0.25) is 0 Å². The van der Waals surface area contributed by atoms with Gasteiger partial charge in [-0.25, -0.2) is 9.78 Å². The number of aldehydes is 1. The van der Waals surface area contributed by atoms with Crippen molar-refractivity contribution in [3.8, 4) is 0 Å². The van der Waals surface area contributed by atoms with E-state index < -0.39 is 5.97 Å². The molecule has 0 amide bonds. The van der Waals surface area contributed by atoms with Crippen molar-refractivity contribution in [3.63, 3.8) is 0 Å². The largest absolute Gasteiger partial charge is 0.463 e. The molecular weight excluding hydrogens is 160 g/mol. The summed E-state index contributed by atoms with van der Waals surface area (Å²) in [6.45, 7) is 0. The van der Waals surface area contributed by atoms with E-state index in [4.69, 9.17) is 0 Å². The van der Waals surface area contributed by atoms with Crippen molar-refractivity contribution in [2.24, 2.45) is 7.05 Å². The molecule has 1 aromatic heterocycles. The van der Waals surface area contributed by atoms with Gasteiger partial charge in [-0.1, -0.05) is 0 Å². The van der Waals surface area contributed by atoms with Gasteiger partial charge >= 0.3 is 5.97 Å². The number of carbonyl (C=O) groups excluding carboxylic acids is 2. The third-order valence-electron chi connectivity index (χ3n) is 1.51. The fraction of sp³-hybridized carbons (Fsp3) is 0.286. The van der Waals surface area contributed by atoms with Crippen LogP contribution in [0, 0.1) is 0 Å². The first kappa shape index (κ1) is 8.45. The Kier molecular flexibility index (Phi) is 2.23. The van der Waals surface area contributed by atoms with Gasteiger partial charge in [0.25, 0.3) is 0 Å². The van der Waals surface area contributed by atoms with E-state index in [1.165, 1.54) is 17.9 Å². The van der Waals surface area contributed by atoms with Gasteiger partial charge in [-0.05, 0) is 0 Å². The predicted octanol–water partition coefficient (Wildman–Crippen LogP) is 0.0192. The second kappa shape index (κ2) is 3.17. The van der Waals surface area contributed by atoms with Crippen molar-refractivity contribution >= 4 is 12.3 Å². The first-order chi connectivity index (χ1) is 5.70. The maximum Gasteiger partial charge on any atom is 0.374 e. The third-order valence-corrected chi connectivity index (χ3v) is 1.51. The molecule has 0 radical (unpaired) electrons. The zero-order valence-electron chi connectivity index (χ0n) is 6.77. The van der Waals surface area contributed by atoms with Gasteiger partial charge in [-0.3, -0.25) is 4.79 Å². The summed E-state index contributed by atoms with van der Waals surface area (Å²) < 4.78 is 5.81. The number of ether oxygens (including phenoxy) is 1. The monoisotopic (exact) mass is 168 g/mol. The molecular formula is C7H8N2O3. The molecule has 0 aliphatic carbocycles. The van der Waals surface area contributed by atoms with Crippen LogP contribution >= 0.6 is 0 Å². The number of nitrogens with zero attached hydrogens (tertiary/aromatic N) is 2. The van der Waals surface area contributed by atoms with Crippen LogP contribution in [0.1, 0.15) is 21.1 Å². The Morgan fingerprint density at radius 1 is 1.75 bits per heavy atom. The van der Waals surface area contributed by atoms with E-state index in [0.29, 0.717) is 12.0 Å². The van der Waals surface area contributed by atoms with E-state index in [-0.39, 0.29) is 5.82 Å². The van der Waals surface area contributed by atoms with E-state index in [0.717, 1.165) is 0 Å².